The van der Waals surface area contributed by atoms with Crippen LogP contribution in [0.1, 0.15) is 23.1 Å². The Morgan fingerprint density at radius 2 is 2.50 bits per heavy atom. The van der Waals surface area contributed by atoms with Gasteiger partial charge in [-0.3, -0.25) is 0 Å². The van der Waals surface area contributed by atoms with E-state index in [1.165, 1.54) is 0 Å². The van der Waals surface area contributed by atoms with E-state index in [-0.39, 0.29) is 5.97 Å². The second-order valence-electron chi connectivity index (χ2n) is 3.15. The lowest BCUT2D eigenvalue weighted by molar-refractivity contribution is 0.0519. The average molecular weight is 233 g/mol. The fourth-order valence-electron chi connectivity index (χ4n) is 1.46. The molecule has 0 bridgehead atoms. The summed E-state index contributed by atoms with van der Waals surface area (Å²) in [5.74, 6) is -0.388. The van der Waals surface area contributed by atoms with E-state index in [2.05, 4.69) is 11.6 Å². The fourth-order valence-corrected chi connectivity index (χ4v) is 2.29. The molecule has 0 aliphatic rings. The van der Waals surface area contributed by atoms with Crippen molar-refractivity contribution in [1.82, 2.24) is 4.98 Å². The average Bonchev–Trinajstić information content (AvgIpc) is 2.75. The first-order valence-electron chi connectivity index (χ1n) is 4.94. The van der Waals surface area contributed by atoms with Crippen LogP contribution in [0.25, 0.3) is 16.2 Å². The second-order valence-corrected chi connectivity index (χ2v) is 4.10. The van der Waals surface area contributed by atoms with E-state index in [1.807, 2.05) is 11.4 Å². The number of rotatable bonds is 3. The first-order chi connectivity index (χ1) is 7.76. The molecule has 0 aliphatic heterocycles. The summed E-state index contributed by atoms with van der Waals surface area (Å²) in [6.07, 6.45) is 1.65. The Hall–Kier alpha value is -1.68. The van der Waals surface area contributed by atoms with Crippen LogP contribution in [0, 0.1) is 0 Å². The predicted octanol–water partition coefficient (Wildman–Crippen LogP) is 3.12. The van der Waals surface area contributed by atoms with Gasteiger partial charge < -0.3 is 4.74 Å². The molecule has 0 saturated heterocycles. The van der Waals surface area contributed by atoms with E-state index >= 15 is 0 Å². The molecule has 2 aromatic rings. The summed E-state index contributed by atoms with van der Waals surface area (Å²) in [6, 6.07) is 3.73. The summed E-state index contributed by atoms with van der Waals surface area (Å²) < 4.78 is 5.94. The number of carbonyl (C=O) groups is 1. The highest BCUT2D eigenvalue weighted by molar-refractivity contribution is 7.17. The lowest BCUT2D eigenvalue weighted by Gasteiger charge is -2.03. The molecule has 2 aromatic heterocycles. The van der Waals surface area contributed by atoms with E-state index in [4.69, 9.17) is 4.74 Å². The number of ether oxygens (including phenoxy) is 1. The van der Waals surface area contributed by atoms with Gasteiger partial charge in [-0.2, -0.15) is 0 Å². The zero-order valence-corrected chi connectivity index (χ0v) is 9.71. The van der Waals surface area contributed by atoms with Gasteiger partial charge in [0.15, 0.2) is 5.69 Å². The van der Waals surface area contributed by atoms with E-state index in [0.29, 0.717) is 12.3 Å². The topological polar surface area (TPSA) is 39.2 Å². The molecule has 0 saturated carbocycles. The van der Waals surface area contributed by atoms with Gasteiger partial charge in [0.25, 0.3) is 0 Å². The van der Waals surface area contributed by atoms with Crippen LogP contribution in [0.5, 0.6) is 0 Å². The number of hydrogen-bond acceptors (Lipinski definition) is 4. The van der Waals surface area contributed by atoms with Crippen molar-refractivity contribution in [2.24, 2.45) is 0 Å². The highest BCUT2D eigenvalue weighted by Crippen LogP contribution is 2.25. The van der Waals surface area contributed by atoms with Crippen molar-refractivity contribution >= 4 is 33.5 Å². The Bertz CT molecular complexity index is 545. The van der Waals surface area contributed by atoms with Crippen LogP contribution in [0.15, 0.2) is 24.1 Å². The van der Waals surface area contributed by atoms with Gasteiger partial charge in [0.2, 0.25) is 0 Å². The molecule has 2 rings (SSSR count). The molecule has 0 spiro atoms. The molecular formula is C12H11NO2S. The lowest BCUT2D eigenvalue weighted by atomic mass is 10.2. The number of nitrogens with zero attached hydrogens (tertiary/aromatic N) is 1. The summed E-state index contributed by atoms with van der Waals surface area (Å²) in [5, 5.41) is 2.99. The number of carbonyl (C=O) groups excluding carboxylic acids is 1. The van der Waals surface area contributed by atoms with Crippen LogP contribution in [0.2, 0.25) is 0 Å². The molecule has 0 N–H and O–H groups in total. The molecule has 0 radical (unpaired) electrons. The first-order valence-corrected chi connectivity index (χ1v) is 5.82. The standard InChI is InChI=1S/C12H11NO2S/c1-3-9-8-5-6-16-11(8)7-10(13-9)12(14)15-4-2/h3,5-7H,1,4H2,2H3. The van der Waals surface area contributed by atoms with Gasteiger partial charge in [0.1, 0.15) is 0 Å². The largest absolute Gasteiger partial charge is 0.461 e. The van der Waals surface area contributed by atoms with Crippen molar-refractivity contribution < 1.29 is 9.53 Å². The molecule has 0 amide bonds. The Labute approximate surface area is 97.4 Å². The van der Waals surface area contributed by atoms with Gasteiger partial charge in [0.05, 0.1) is 12.3 Å². The lowest BCUT2D eigenvalue weighted by Crippen LogP contribution is -2.07. The van der Waals surface area contributed by atoms with E-state index in [9.17, 15) is 4.79 Å². The summed E-state index contributed by atoms with van der Waals surface area (Å²) in [5.41, 5.74) is 1.06. The fraction of sp³-hybridized carbons (Fsp3) is 0.167. The van der Waals surface area contributed by atoms with Crippen LogP contribution in [-0.2, 0) is 4.74 Å². The van der Waals surface area contributed by atoms with Crippen molar-refractivity contribution in [1.29, 1.82) is 0 Å². The van der Waals surface area contributed by atoms with Gasteiger partial charge in [-0.15, -0.1) is 11.3 Å². The normalized spacial score (nSPS) is 10.3. The third-order valence-corrected chi connectivity index (χ3v) is 3.02. The molecular weight excluding hydrogens is 222 g/mol. The number of pyridine rings is 1. The van der Waals surface area contributed by atoms with Gasteiger partial charge >= 0.3 is 5.97 Å². The monoisotopic (exact) mass is 233 g/mol. The Kier molecular flexibility index (Phi) is 3.01. The maximum absolute atomic E-state index is 11.6. The zero-order chi connectivity index (χ0) is 11.5. The highest BCUT2D eigenvalue weighted by Gasteiger charge is 2.12. The maximum atomic E-state index is 11.6. The van der Waals surface area contributed by atoms with Crippen LogP contribution >= 0.6 is 11.3 Å². The highest BCUT2D eigenvalue weighted by atomic mass is 32.1. The van der Waals surface area contributed by atoms with Crippen molar-refractivity contribution in [3.05, 3.63) is 35.5 Å². The summed E-state index contributed by atoms with van der Waals surface area (Å²) in [4.78, 5) is 15.8. The zero-order valence-electron chi connectivity index (χ0n) is 8.90. The molecule has 0 unspecified atom stereocenters. The van der Waals surface area contributed by atoms with Crippen LogP contribution in [0.3, 0.4) is 0 Å². The molecule has 2 heterocycles. The molecule has 0 aliphatic carbocycles. The van der Waals surface area contributed by atoms with Gasteiger partial charge in [-0.05, 0) is 30.5 Å². The molecule has 0 atom stereocenters. The Morgan fingerprint density at radius 3 is 3.19 bits per heavy atom. The minimum Gasteiger partial charge on any atom is -0.461 e. The molecule has 0 aromatic carbocycles. The van der Waals surface area contributed by atoms with Gasteiger partial charge in [0, 0.05) is 10.1 Å². The quantitative estimate of drug-likeness (QED) is 0.765. The van der Waals surface area contributed by atoms with Gasteiger partial charge in [-0.1, -0.05) is 6.58 Å². The van der Waals surface area contributed by atoms with Crippen molar-refractivity contribution in [2.75, 3.05) is 6.61 Å². The molecule has 3 nitrogen and oxygen atoms in total. The molecule has 82 valence electrons. The van der Waals surface area contributed by atoms with Crippen LogP contribution < -0.4 is 0 Å². The third-order valence-electron chi connectivity index (χ3n) is 2.16. The summed E-state index contributed by atoms with van der Waals surface area (Å²) >= 11 is 1.57. The summed E-state index contributed by atoms with van der Waals surface area (Å²) in [7, 11) is 0. The second kappa shape index (κ2) is 4.45. The molecule has 16 heavy (non-hydrogen) atoms. The minimum atomic E-state index is -0.388. The minimum absolute atomic E-state index is 0.340. The van der Waals surface area contributed by atoms with E-state index in [0.717, 1.165) is 15.8 Å². The van der Waals surface area contributed by atoms with Crippen molar-refractivity contribution in [2.45, 2.75) is 6.92 Å². The number of esters is 1. The van der Waals surface area contributed by atoms with Gasteiger partial charge in [-0.25, -0.2) is 9.78 Å². The SMILES string of the molecule is C=Cc1nc(C(=O)OCC)cc2sccc12. The molecule has 4 heteroatoms. The van der Waals surface area contributed by atoms with Crippen LogP contribution in [0.4, 0.5) is 0 Å². The van der Waals surface area contributed by atoms with Crippen molar-refractivity contribution in [3.63, 3.8) is 0 Å². The van der Waals surface area contributed by atoms with E-state index in [1.54, 1.807) is 30.4 Å². The number of aromatic nitrogens is 1. The number of fused-ring (bicyclic) bond motifs is 1. The third kappa shape index (κ3) is 1.84. The Balaban J connectivity index is 2.55. The number of thiophene rings is 1. The van der Waals surface area contributed by atoms with Crippen molar-refractivity contribution in [3.8, 4) is 0 Å². The smallest absolute Gasteiger partial charge is 0.356 e. The Morgan fingerprint density at radius 1 is 1.69 bits per heavy atom. The molecule has 0 fully saturated rings. The van der Waals surface area contributed by atoms with E-state index < -0.39 is 0 Å². The first kappa shape index (κ1) is 10.8. The van der Waals surface area contributed by atoms with Crippen LogP contribution in [-0.4, -0.2) is 17.6 Å². The summed E-state index contributed by atoms with van der Waals surface area (Å²) in [6.45, 7) is 5.82. The maximum Gasteiger partial charge on any atom is 0.356 e. The predicted molar refractivity (Wildman–Crippen MR) is 65.7 cm³/mol. The number of hydrogen-bond donors (Lipinski definition) is 0.